The number of aromatic nitrogens is 2. The van der Waals surface area contributed by atoms with Crippen molar-refractivity contribution in [2.45, 2.75) is 25.8 Å². The van der Waals surface area contributed by atoms with Gasteiger partial charge in [0.25, 0.3) is 0 Å². The van der Waals surface area contributed by atoms with E-state index in [1.807, 2.05) is 64.3 Å². The first kappa shape index (κ1) is 24.5. The molecule has 0 spiro atoms. The number of allylic oxidation sites excluding steroid dienone is 2. The van der Waals surface area contributed by atoms with E-state index < -0.39 is 0 Å². The third kappa shape index (κ3) is 4.32. The van der Waals surface area contributed by atoms with Gasteiger partial charge in [0.2, 0.25) is 0 Å². The lowest BCUT2D eigenvalue weighted by Gasteiger charge is -2.37. The van der Waals surface area contributed by atoms with Crippen molar-refractivity contribution in [3.63, 3.8) is 0 Å². The van der Waals surface area contributed by atoms with Crippen molar-refractivity contribution in [3.05, 3.63) is 118 Å². The van der Waals surface area contributed by atoms with Gasteiger partial charge in [-0.1, -0.05) is 91.1 Å². The molecule has 6 rings (SSSR count). The lowest BCUT2D eigenvalue weighted by Crippen LogP contribution is -2.35. The number of fused-ring (bicyclic) bond motifs is 2. The molecule has 5 nitrogen and oxygen atoms in total. The number of para-hydroxylation sites is 1. The van der Waals surface area contributed by atoms with E-state index in [4.69, 9.17) is 38.0 Å². The molecule has 38 heavy (non-hydrogen) atoms. The SMILES string of the molecule is CCCc1ccc(-c2nn(-c3ccccc3)c3c2[C@H](c2cccc(OC)c2)N2C=C(Cl)C=C(Cl)C2=N3)cc1. The van der Waals surface area contributed by atoms with Gasteiger partial charge in [-0.3, -0.25) is 0 Å². The molecule has 1 atom stereocenters. The summed E-state index contributed by atoms with van der Waals surface area (Å²) in [7, 11) is 1.67. The maximum atomic E-state index is 6.74. The Morgan fingerprint density at radius 2 is 1.74 bits per heavy atom. The highest BCUT2D eigenvalue weighted by Crippen LogP contribution is 2.48. The Morgan fingerprint density at radius 3 is 2.47 bits per heavy atom. The first-order valence-corrected chi connectivity index (χ1v) is 13.4. The van der Waals surface area contributed by atoms with Crippen molar-refractivity contribution < 1.29 is 4.74 Å². The minimum Gasteiger partial charge on any atom is -0.497 e. The van der Waals surface area contributed by atoms with Gasteiger partial charge in [-0.15, -0.1) is 0 Å². The monoisotopic (exact) mass is 540 g/mol. The molecule has 7 heteroatoms. The first-order valence-electron chi connectivity index (χ1n) is 12.6. The number of rotatable bonds is 6. The Kier molecular flexibility index (Phi) is 6.56. The molecule has 2 aliphatic heterocycles. The second kappa shape index (κ2) is 10.2. The number of benzene rings is 3. The second-order valence-electron chi connectivity index (χ2n) is 9.31. The van der Waals surface area contributed by atoms with Crippen LogP contribution in [0.3, 0.4) is 0 Å². The van der Waals surface area contributed by atoms with Crippen LogP contribution >= 0.6 is 23.2 Å². The summed E-state index contributed by atoms with van der Waals surface area (Å²) >= 11 is 13.3. The Morgan fingerprint density at radius 1 is 0.947 bits per heavy atom. The highest BCUT2D eigenvalue weighted by atomic mass is 35.5. The van der Waals surface area contributed by atoms with E-state index in [0.29, 0.717) is 15.9 Å². The van der Waals surface area contributed by atoms with Crippen molar-refractivity contribution >= 4 is 34.9 Å². The zero-order valence-corrected chi connectivity index (χ0v) is 22.6. The molecule has 0 radical (unpaired) electrons. The number of halogens is 2. The molecular weight excluding hydrogens is 515 g/mol. The Labute approximate surface area is 232 Å². The average Bonchev–Trinajstić information content (AvgIpc) is 3.32. The predicted molar refractivity (Wildman–Crippen MR) is 155 cm³/mol. The van der Waals surface area contributed by atoms with Gasteiger partial charge in [-0.25, -0.2) is 9.67 Å². The van der Waals surface area contributed by atoms with Gasteiger partial charge in [0.05, 0.1) is 34.5 Å². The van der Waals surface area contributed by atoms with E-state index in [0.717, 1.165) is 52.5 Å². The molecule has 0 fully saturated rings. The number of aliphatic imine (C=N–C) groups is 1. The molecule has 0 N–H and O–H groups in total. The largest absolute Gasteiger partial charge is 0.497 e. The molecule has 0 bridgehead atoms. The molecule has 0 saturated carbocycles. The molecule has 1 aromatic heterocycles. The van der Waals surface area contributed by atoms with Crippen LogP contribution in [0.5, 0.6) is 5.75 Å². The van der Waals surface area contributed by atoms with E-state index in [2.05, 4.69) is 37.3 Å². The Balaban J connectivity index is 1.65. The van der Waals surface area contributed by atoms with E-state index >= 15 is 0 Å². The maximum absolute atomic E-state index is 6.74. The zero-order chi connectivity index (χ0) is 26.2. The standard InChI is InChI=1S/C31H26Cl2N4O/c1-3-8-20-13-15-21(16-14-20)28-27-29(22-9-7-12-25(17-22)38-2)36-19-23(32)18-26(33)30(36)34-31(27)37(35-28)24-10-5-4-6-11-24/h4-7,9-19,29H,3,8H2,1-2H3/t29-/m0/s1. The van der Waals surface area contributed by atoms with Crippen LogP contribution < -0.4 is 4.74 Å². The molecule has 0 amide bonds. The van der Waals surface area contributed by atoms with E-state index in [1.165, 1.54) is 5.56 Å². The summed E-state index contributed by atoms with van der Waals surface area (Å²) in [6.07, 6.45) is 5.75. The normalized spacial score (nSPS) is 16.3. The van der Waals surface area contributed by atoms with Gasteiger partial charge in [-0.2, -0.15) is 5.10 Å². The minimum absolute atomic E-state index is 0.286. The molecule has 0 unspecified atom stereocenters. The van der Waals surface area contributed by atoms with Crippen LogP contribution in [0.15, 0.2) is 106 Å². The van der Waals surface area contributed by atoms with Crippen LogP contribution in [0.25, 0.3) is 16.9 Å². The summed E-state index contributed by atoms with van der Waals surface area (Å²) in [6, 6.07) is 26.5. The molecule has 0 saturated heterocycles. The molecule has 0 aliphatic carbocycles. The summed E-state index contributed by atoms with van der Waals surface area (Å²) in [5, 5.41) is 6.17. The van der Waals surface area contributed by atoms with Gasteiger partial charge in [0.1, 0.15) is 11.4 Å². The fraction of sp³-hybridized carbons (Fsp3) is 0.161. The lowest BCUT2D eigenvalue weighted by molar-refractivity contribution is 0.410. The van der Waals surface area contributed by atoms with Crippen LogP contribution in [0, 0.1) is 0 Å². The summed E-state index contributed by atoms with van der Waals surface area (Å²) < 4.78 is 7.50. The summed E-state index contributed by atoms with van der Waals surface area (Å²) in [4.78, 5) is 7.11. The fourth-order valence-corrected chi connectivity index (χ4v) is 5.61. The molecular formula is C31H26Cl2N4O. The summed E-state index contributed by atoms with van der Waals surface area (Å²) in [5.41, 5.74) is 6.10. The van der Waals surface area contributed by atoms with Crippen molar-refractivity contribution in [3.8, 4) is 22.7 Å². The summed E-state index contributed by atoms with van der Waals surface area (Å²) in [6.45, 7) is 2.19. The fourth-order valence-electron chi connectivity index (χ4n) is 5.09. The topological polar surface area (TPSA) is 42.6 Å². The predicted octanol–water partition coefficient (Wildman–Crippen LogP) is 8.15. The highest BCUT2D eigenvalue weighted by molar-refractivity contribution is 6.45. The van der Waals surface area contributed by atoms with E-state index in [-0.39, 0.29) is 6.04 Å². The first-order chi connectivity index (χ1) is 18.6. The third-order valence-corrected chi connectivity index (χ3v) is 7.31. The third-order valence-electron chi connectivity index (χ3n) is 6.82. The smallest absolute Gasteiger partial charge is 0.164 e. The van der Waals surface area contributed by atoms with E-state index in [9.17, 15) is 0 Å². The molecule has 3 aromatic carbocycles. The molecule has 2 aliphatic rings. The summed E-state index contributed by atoms with van der Waals surface area (Å²) in [5.74, 6) is 2.13. The van der Waals surface area contributed by atoms with Crippen molar-refractivity contribution in [2.75, 3.05) is 7.11 Å². The Hall–Kier alpha value is -3.80. The number of methoxy groups -OCH3 is 1. The van der Waals surface area contributed by atoms with Crippen molar-refractivity contribution in [1.82, 2.24) is 14.7 Å². The van der Waals surface area contributed by atoms with Gasteiger partial charge in [-0.05, 0) is 47.9 Å². The van der Waals surface area contributed by atoms with Gasteiger partial charge in [0, 0.05) is 11.8 Å². The van der Waals surface area contributed by atoms with Gasteiger partial charge in [0.15, 0.2) is 11.7 Å². The maximum Gasteiger partial charge on any atom is 0.164 e. The van der Waals surface area contributed by atoms with Gasteiger partial charge < -0.3 is 9.64 Å². The number of ether oxygens (including phenoxy) is 1. The zero-order valence-electron chi connectivity index (χ0n) is 21.1. The number of hydrogen-bond donors (Lipinski definition) is 0. The minimum atomic E-state index is -0.286. The van der Waals surface area contributed by atoms with Crippen LogP contribution in [0.4, 0.5) is 5.82 Å². The quantitative estimate of drug-likeness (QED) is 0.247. The van der Waals surface area contributed by atoms with Crippen molar-refractivity contribution in [2.24, 2.45) is 4.99 Å². The highest BCUT2D eigenvalue weighted by Gasteiger charge is 2.39. The number of nitrogens with zero attached hydrogens (tertiary/aromatic N) is 4. The van der Waals surface area contributed by atoms with Crippen LogP contribution in [0.1, 0.15) is 36.1 Å². The lowest BCUT2D eigenvalue weighted by atomic mass is 9.92. The van der Waals surface area contributed by atoms with Crippen LogP contribution in [-0.2, 0) is 6.42 Å². The van der Waals surface area contributed by atoms with Crippen molar-refractivity contribution in [1.29, 1.82) is 0 Å². The average molecular weight is 541 g/mol. The number of amidine groups is 1. The molecule has 4 aromatic rings. The molecule has 190 valence electrons. The second-order valence-corrected chi connectivity index (χ2v) is 10.2. The number of hydrogen-bond acceptors (Lipinski definition) is 4. The van der Waals surface area contributed by atoms with Crippen LogP contribution in [-0.4, -0.2) is 27.6 Å². The Bertz CT molecular complexity index is 1590. The van der Waals surface area contributed by atoms with Gasteiger partial charge >= 0.3 is 0 Å². The molecule has 3 heterocycles. The van der Waals surface area contributed by atoms with Crippen LogP contribution in [0.2, 0.25) is 0 Å². The van der Waals surface area contributed by atoms with E-state index in [1.54, 1.807) is 13.2 Å². The number of aryl methyl sites for hydroxylation is 1.